The zero-order chi connectivity index (χ0) is 16.6. The van der Waals surface area contributed by atoms with Crippen LogP contribution in [0.3, 0.4) is 0 Å². The predicted octanol–water partition coefficient (Wildman–Crippen LogP) is 3.05. The largest absolute Gasteiger partial charge is 0.365 e. The number of aryl methyl sites for hydroxylation is 1. The highest BCUT2D eigenvalue weighted by atomic mass is 32.2. The summed E-state index contributed by atoms with van der Waals surface area (Å²) < 4.78 is 27.5. The van der Waals surface area contributed by atoms with Crippen LogP contribution >= 0.6 is 0 Å². The van der Waals surface area contributed by atoms with E-state index in [4.69, 9.17) is 0 Å². The SMILES string of the molecule is O=S(=O)(CCc1ccccc1)N1CCN(C2CC2)c2ccccc21. The minimum atomic E-state index is -3.32. The van der Waals surface area contributed by atoms with E-state index < -0.39 is 10.0 Å². The van der Waals surface area contributed by atoms with Gasteiger partial charge in [0.25, 0.3) is 0 Å². The number of sulfonamides is 1. The van der Waals surface area contributed by atoms with Crippen molar-refractivity contribution in [2.45, 2.75) is 25.3 Å². The molecule has 5 heteroatoms. The van der Waals surface area contributed by atoms with Crippen molar-refractivity contribution in [3.05, 3.63) is 60.2 Å². The number of hydrogen-bond donors (Lipinski definition) is 0. The molecule has 0 aromatic heterocycles. The van der Waals surface area contributed by atoms with Crippen LogP contribution in [0.4, 0.5) is 11.4 Å². The molecular weight excluding hydrogens is 320 g/mol. The van der Waals surface area contributed by atoms with Crippen LogP contribution in [0.15, 0.2) is 54.6 Å². The minimum absolute atomic E-state index is 0.148. The Morgan fingerprint density at radius 1 is 0.875 bits per heavy atom. The van der Waals surface area contributed by atoms with Gasteiger partial charge in [-0.05, 0) is 37.0 Å². The van der Waals surface area contributed by atoms with E-state index in [2.05, 4.69) is 4.90 Å². The fraction of sp³-hybridized carbons (Fsp3) is 0.368. The Hall–Kier alpha value is -2.01. The van der Waals surface area contributed by atoms with Crippen LogP contribution in [0.25, 0.3) is 0 Å². The maximum absolute atomic E-state index is 12.9. The number of hydrogen-bond acceptors (Lipinski definition) is 3. The van der Waals surface area contributed by atoms with E-state index in [9.17, 15) is 8.42 Å². The zero-order valence-electron chi connectivity index (χ0n) is 13.6. The molecule has 2 aromatic carbocycles. The summed E-state index contributed by atoms with van der Waals surface area (Å²) in [5.74, 6) is 0.148. The van der Waals surface area contributed by atoms with Crippen molar-refractivity contribution in [3.8, 4) is 0 Å². The predicted molar refractivity (Wildman–Crippen MR) is 98.1 cm³/mol. The summed E-state index contributed by atoms with van der Waals surface area (Å²) >= 11 is 0. The highest BCUT2D eigenvalue weighted by Crippen LogP contribution is 2.40. The Labute approximate surface area is 143 Å². The van der Waals surface area contributed by atoms with Crippen LogP contribution in [0, 0.1) is 0 Å². The molecule has 0 N–H and O–H groups in total. The molecule has 0 radical (unpaired) electrons. The zero-order valence-corrected chi connectivity index (χ0v) is 14.5. The second-order valence-corrected chi connectivity index (χ2v) is 8.55. The van der Waals surface area contributed by atoms with Crippen molar-refractivity contribution in [2.75, 3.05) is 28.0 Å². The molecule has 1 aliphatic carbocycles. The first kappa shape index (κ1) is 15.5. The van der Waals surface area contributed by atoms with Crippen LogP contribution in [0.1, 0.15) is 18.4 Å². The topological polar surface area (TPSA) is 40.6 Å². The third kappa shape index (κ3) is 3.00. The highest BCUT2D eigenvalue weighted by molar-refractivity contribution is 7.92. The minimum Gasteiger partial charge on any atom is -0.365 e. The maximum Gasteiger partial charge on any atom is 0.235 e. The summed E-state index contributed by atoms with van der Waals surface area (Å²) in [7, 11) is -3.32. The summed E-state index contributed by atoms with van der Waals surface area (Å²) in [4.78, 5) is 2.37. The van der Waals surface area contributed by atoms with E-state index in [0.29, 0.717) is 19.0 Å². The van der Waals surface area contributed by atoms with Gasteiger partial charge in [-0.2, -0.15) is 0 Å². The molecule has 0 amide bonds. The van der Waals surface area contributed by atoms with Crippen molar-refractivity contribution in [3.63, 3.8) is 0 Å². The van der Waals surface area contributed by atoms with E-state index in [0.717, 1.165) is 23.5 Å². The first-order valence-electron chi connectivity index (χ1n) is 8.55. The molecule has 1 heterocycles. The molecule has 0 unspecified atom stereocenters. The molecule has 126 valence electrons. The molecule has 4 rings (SSSR count). The van der Waals surface area contributed by atoms with E-state index in [1.165, 1.54) is 12.8 Å². The summed E-state index contributed by atoms with van der Waals surface area (Å²) in [6, 6.07) is 18.3. The van der Waals surface area contributed by atoms with Crippen LogP contribution < -0.4 is 9.21 Å². The molecule has 4 nitrogen and oxygen atoms in total. The monoisotopic (exact) mass is 342 g/mol. The first-order chi connectivity index (χ1) is 11.6. The van der Waals surface area contributed by atoms with Gasteiger partial charge in [0.05, 0.1) is 23.7 Å². The number of benzene rings is 2. The molecule has 1 saturated carbocycles. The van der Waals surface area contributed by atoms with Crippen molar-refractivity contribution >= 4 is 21.4 Å². The molecule has 0 bridgehead atoms. The number of anilines is 2. The molecule has 1 aliphatic heterocycles. The van der Waals surface area contributed by atoms with Crippen LogP contribution in [0.5, 0.6) is 0 Å². The van der Waals surface area contributed by atoms with Gasteiger partial charge in [-0.15, -0.1) is 0 Å². The van der Waals surface area contributed by atoms with Gasteiger partial charge in [0, 0.05) is 12.6 Å². The summed E-state index contributed by atoms with van der Waals surface area (Å²) in [6.45, 7) is 1.33. The van der Waals surface area contributed by atoms with Crippen LogP contribution in [-0.4, -0.2) is 33.3 Å². The van der Waals surface area contributed by atoms with Crippen molar-refractivity contribution in [2.24, 2.45) is 0 Å². The van der Waals surface area contributed by atoms with Crippen molar-refractivity contribution in [1.82, 2.24) is 0 Å². The Morgan fingerprint density at radius 3 is 2.25 bits per heavy atom. The lowest BCUT2D eigenvalue weighted by Crippen LogP contribution is -2.45. The molecule has 1 fully saturated rings. The quantitative estimate of drug-likeness (QED) is 0.838. The Balaban J connectivity index is 1.57. The average molecular weight is 342 g/mol. The van der Waals surface area contributed by atoms with Gasteiger partial charge >= 0.3 is 0 Å². The fourth-order valence-corrected chi connectivity index (χ4v) is 4.94. The lowest BCUT2D eigenvalue weighted by Gasteiger charge is -2.38. The highest BCUT2D eigenvalue weighted by Gasteiger charge is 2.36. The molecule has 0 atom stereocenters. The lowest BCUT2D eigenvalue weighted by molar-refractivity contribution is 0.587. The van der Waals surface area contributed by atoms with Crippen LogP contribution in [-0.2, 0) is 16.4 Å². The second kappa shape index (κ2) is 6.13. The Morgan fingerprint density at radius 2 is 1.54 bits per heavy atom. The molecule has 24 heavy (non-hydrogen) atoms. The van der Waals surface area contributed by atoms with E-state index >= 15 is 0 Å². The third-order valence-electron chi connectivity index (χ3n) is 4.82. The number of rotatable bonds is 5. The normalized spacial score (nSPS) is 17.7. The average Bonchev–Trinajstić information content (AvgIpc) is 3.45. The van der Waals surface area contributed by atoms with Gasteiger partial charge in [-0.3, -0.25) is 4.31 Å². The Bertz CT molecular complexity index is 816. The van der Waals surface area contributed by atoms with Gasteiger partial charge in [0.1, 0.15) is 0 Å². The molecule has 0 saturated heterocycles. The van der Waals surface area contributed by atoms with E-state index in [1.54, 1.807) is 4.31 Å². The summed E-state index contributed by atoms with van der Waals surface area (Å²) in [5, 5.41) is 0. The molecule has 0 spiro atoms. The van der Waals surface area contributed by atoms with Gasteiger partial charge in [-0.25, -0.2) is 8.42 Å². The number of nitrogens with zero attached hydrogens (tertiary/aromatic N) is 2. The summed E-state index contributed by atoms with van der Waals surface area (Å²) in [6.07, 6.45) is 2.98. The second-order valence-electron chi connectivity index (χ2n) is 6.54. The van der Waals surface area contributed by atoms with Gasteiger partial charge in [0.2, 0.25) is 10.0 Å². The van der Waals surface area contributed by atoms with Gasteiger partial charge in [0.15, 0.2) is 0 Å². The van der Waals surface area contributed by atoms with Crippen LogP contribution in [0.2, 0.25) is 0 Å². The number of para-hydroxylation sites is 2. The molecular formula is C19H22N2O2S. The van der Waals surface area contributed by atoms with E-state index in [1.807, 2.05) is 54.6 Å². The summed E-state index contributed by atoms with van der Waals surface area (Å²) in [5.41, 5.74) is 2.96. The maximum atomic E-state index is 12.9. The number of fused-ring (bicyclic) bond motifs is 1. The van der Waals surface area contributed by atoms with Crippen molar-refractivity contribution < 1.29 is 8.42 Å². The van der Waals surface area contributed by atoms with E-state index in [-0.39, 0.29) is 5.75 Å². The molecule has 2 aliphatic rings. The Kier molecular flexibility index (Phi) is 3.96. The standard InChI is InChI=1S/C19H22N2O2S/c22-24(23,15-12-16-6-2-1-3-7-16)21-14-13-20(17-10-11-17)18-8-4-5-9-19(18)21/h1-9,17H,10-15H2. The fourth-order valence-electron chi connectivity index (χ4n) is 3.41. The smallest absolute Gasteiger partial charge is 0.235 e. The molecule has 2 aromatic rings. The lowest BCUT2D eigenvalue weighted by atomic mass is 10.2. The van der Waals surface area contributed by atoms with Gasteiger partial charge in [-0.1, -0.05) is 42.5 Å². The van der Waals surface area contributed by atoms with Gasteiger partial charge < -0.3 is 4.90 Å². The first-order valence-corrected chi connectivity index (χ1v) is 10.2. The third-order valence-corrected chi connectivity index (χ3v) is 6.59. The van der Waals surface area contributed by atoms with Crippen molar-refractivity contribution in [1.29, 1.82) is 0 Å².